The van der Waals surface area contributed by atoms with E-state index in [2.05, 4.69) is 25.8 Å². The van der Waals surface area contributed by atoms with Crippen LogP contribution in [0.3, 0.4) is 0 Å². The lowest BCUT2D eigenvalue weighted by atomic mass is 9.87. The number of carbonyl (C=O) groups is 1. The highest BCUT2D eigenvalue weighted by Crippen LogP contribution is 2.24. The van der Waals surface area contributed by atoms with Crippen LogP contribution in [0.15, 0.2) is 36.7 Å². The molecular weight excluding hydrogens is 210 g/mol. The number of benzene rings is 1. The number of fused-ring (bicyclic) bond motifs is 1. The minimum absolute atomic E-state index is 0.00796. The van der Waals surface area contributed by atoms with Gasteiger partial charge in [-0.3, -0.25) is 9.78 Å². The standard InChI is InChI=1S/C15H17NO/c1-15(2,3)8-14(17)13-10-16-9-11-6-4-5-7-12(11)13/h4-7,9-10H,8H2,1-3H3. The molecule has 0 aliphatic carbocycles. The zero-order valence-corrected chi connectivity index (χ0v) is 10.5. The number of ketones is 1. The van der Waals surface area contributed by atoms with Gasteiger partial charge in [-0.2, -0.15) is 0 Å². The summed E-state index contributed by atoms with van der Waals surface area (Å²) in [5, 5.41) is 2.02. The lowest BCUT2D eigenvalue weighted by Crippen LogP contribution is -2.13. The van der Waals surface area contributed by atoms with E-state index in [9.17, 15) is 4.79 Å². The molecule has 17 heavy (non-hydrogen) atoms. The minimum Gasteiger partial charge on any atom is -0.294 e. The van der Waals surface area contributed by atoms with Crippen molar-refractivity contribution < 1.29 is 4.79 Å². The number of nitrogens with zero attached hydrogens (tertiary/aromatic N) is 1. The van der Waals surface area contributed by atoms with E-state index in [0.29, 0.717) is 6.42 Å². The van der Waals surface area contributed by atoms with Crippen molar-refractivity contribution in [3.05, 3.63) is 42.2 Å². The lowest BCUT2D eigenvalue weighted by Gasteiger charge is -2.17. The van der Waals surface area contributed by atoms with Gasteiger partial charge >= 0.3 is 0 Å². The van der Waals surface area contributed by atoms with Gasteiger partial charge in [-0.1, -0.05) is 45.0 Å². The third-order valence-corrected chi connectivity index (χ3v) is 2.66. The quantitative estimate of drug-likeness (QED) is 0.729. The first-order valence-electron chi connectivity index (χ1n) is 5.83. The van der Waals surface area contributed by atoms with Crippen LogP contribution in [0.25, 0.3) is 10.8 Å². The highest BCUT2D eigenvalue weighted by Gasteiger charge is 2.18. The summed E-state index contributed by atoms with van der Waals surface area (Å²) in [7, 11) is 0. The molecule has 0 radical (unpaired) electrons. The molecule has 1 aromatic carbocycles. The summed E-state index contributed by atoms with van der Waals surface area (Å²) in [5.41, 5.74) is 0.742. The van der Waals surface area contributed by atoms with Gasteiger partial charge in [-0.15, -0.1) is 0 Å². The van der Waals surface area contributed by atoms with E-state index in [0.717, 1.165) is 16.3 Å². The van der Waals surface area contributed by atoms with Crippen LogP contribution in [0.2, 0.25) is 0 Å². The average Bonchev–Trinajstić information content (AvgIpc) is 2.26. The third-order valence-electron chi connectivity index (χ3n) is 2.66. The summed E-state index contributed by atoms with van der Waals surface area (Å²) in [6.07, 6.45) is 4.02. The molecule has 0 spiro atoms. The molecule has 0 amide bonds. The van der Waals surface area contributed by atoms with Gasteiger partial charge < -0.3 is 0 Å². The molecule has 0 aliphatic heterocycles. The summed E-state index contributed by atoms with van der Waals surface area (Å²) in [6.45, 7) is 6.22. The molecule has 2 rings (SSSR count). The maximum absolute atomic E-state index is 12.2. The molecule has 88 valence electrons. The normalized spacial score (nSPS) is 11.7. The number of rotatable bonds is 2. The van der Waals surface area contributed by atoms with Gasteiger partial charge in [0.15, 0.2) is 5.78 Å². The Bertz CT molecular complexity index is 547. The molecule has 0 aliphatic rings. The molecule has 0 saturated carbocycles. The Morgan fingerprint density at radius 3 is 2.59 bits per heavy atom. The molecule has 1 heterocycles. The van der Waals surface area contributed by atoms with Crippen molar-refractivity contribution in [3.8, 4) is 0 Å². The van der Waals surface area contributed by atoms with Gasteiger partial charge in [0.2, 0.25) is 0 Å². The number of aromatic nitrogens is 1. The van der Waals surface area contributed by atoms with Crippen molar-refractivity contribution in [2.45, 2.75) is 27.2 Å². The molecular formula is C15H17NO. The summed E-state index contributed by atoms with van der Waals surface area (Å²) in [4.78, 5) is 16.4. The van der Waals surface area contributed by atoms with Crippen LogP contribution >= 0.6 is 0 Å². The molecule has 2 nitrogen and oxygen atoms in total. The van der Waals surface area contributed by atoms with Gasteiger partial charge in [0.25, 0.3) is 0 Å². The Kier molecular flexibility index (Phi) is 2.97. The number of pyridine rings is 1. The summed E-state index contributed by atoms with van der Waals surface area (Å²) in [5.74, 6) is 0.168. The van der Waals surface area contributed by atoms with Crippen LogP contribution in [0.5, 0.6) is 0 Å². The van der Waals surface area contributed by atoms with Crippen molar-refractivity contribution >= 4 is 16.6 Å². The fourth-order valence-electron chi connectivity index (χ4n) is 1.92. The van der Waals surface area contributed by atoms with Gasteiger partial charge in [0.05, 0.1) is 0 Å². The first-order chi connectivity index (χ1) is 7.97. The first kappa shape index (κ1) is 11.8. The fourth-order valence-corrected chi connectivity index (χ4v) is 1.92. The number of carbonyl (C=O) groups excluding carboxylic acids is 1. The van der Waals surface area contributed by atoms with E-state index in [4.69, 9.17) is 0 Å². The van der Waals surface area contributed by atoms with Gasteiger partial charge in [-0.25, -0.2) is 0 Å². The van der Waals surface area contributed by atoms with E-state index in [1.54, 1.807) is 12.4 Å². The average molecular weight is 227 g/mol. The summed E-state index contributed by atoms with van der Waals surface area (Å²) < 4.78 is 0. The zero-order valence-electron chi connectivity index (χ0n) is 10.5. The Balaban J connectivity index is 2.45. The Hall–Kier alpha value is -1.70. The second-order valence-corrected chi connectivity index (χ2v) is 5.57. The van der Waals surface area contributed by atoms with Crippen LogP contribution in [0.1, 0.15) is 37.6 Å². The molecule has 0 unspecified atom stereocenters. The molecule has 0 N–H and O–H groups in total. The fraction of sp³-hybridized carbons (Fsp3) is 0.333. The highest BCUT2D eigenvalue weighted by molar-refractivity contribution is 6.07. The second-order valence-electron chi connectivity index (χ2n) is 5.57. The number of hydrogen-bond acceptors (Lipinski definition) is 2. The van der Waals surface area contributed by atoms with Crippen molar-refractivity contribution in [1.82, 2.24) is 4.98 Å². The molecule has 2 aromatic rings. The van der Waals surface area contributed by atoms with Crippen molar-refractivity contribution in [2.75, 3.05) is 0 Å². The second kappa shape index (κ2) is 4.28. The van der Waals surface area contributed by atoms with Crippen LogP contribution in [0.4, 0.5) is 0 Å². The van der Waals surface area contributed by atoms with Crippen molar-refractivity contribution in [1.29, 1.82) is 0 Å². The van der Waals surface area contributed by atoms with Gasteiger partial charge in [-0.05, 0) is 10.8 Å². The van der Waals surface area contributed by atoms with Crippen molar-refractivity contribution in [3.63, 3.8) is 0 Å². The van der Waals surface area contributed by atoms with Crippen LogP contribution in [0, 0.1) is 5.41 Å². The minimum atomic E-state index is 0.00796. The molecule has 2 heteroatoms. The molecule has 0 saturated heterocycles. The maximum atomic E-state index is 12.2. The third kappa shape index (κ3) is 2.70. The van der Waals surface area contributed by atoms with Crippen LogP contribution < -0.4 is 0 Å². The molecule has 0 bridgehead atoms. The van der Waals surface area contributed by atoms with Crippen LogP contribution in [-0.2, 0) is 0 Å². The Morgan fingerprint density at radius 1 is 1.18 bits per heavy atom. The number of hydrogen-bond donors (Lipinski definition) is 0. The van der Waals surface area contributed by atoms with Gasteiger partial charge in [0, 0.05) is 29.8 Å². The first-order valence-corrected chi connectivity index (χ1v) is 5.83. The van der Waals surface area contributed by atoms with E-state index in [1.165, 1.54) is 0 Å². The smallest absolute Gasteiger partial charge is 0.165 e. The molecule has 0 atom stereocenters. The predicted octanol–water partition coefficient (Wildman–Crippen LogP) is 3.85. The van der Waals surface area contributed by atoms with Crippen LogP contribution in [-0.4, -0.2) is 10.8 Å². The van der Waals surface area contributed by atoms with Crippen molar-refractivity contribution in [2.24, 2.45) is 5.41 Å². The monoisotopic (exact) mass is 227 g/mol. The summed E-state index contributed by atoms with van der Waals surface area (Å²) in [6, 6.07) is 7.88. The Morgan fingerprint density at radius 2 is 1.88 bits per heavy atom. The van der Waals surface area contributed by atoms with E-state index in [1.807, 2.05) is 24.3 Å². The molecule has 0 fully saturated rings. The molecule has 1 aromatic heterocycles. The topological polar surface area (TPSA) is 30.0 Å². The highest BCUT2D eigenvalue weighted by atomic mass is 16.1. The van der Waals surface area contributed by atoms with E-state index < -0.39 is 0 Å². The lowest BCUT2D eigenvalue weighted by molar-refractivity contribution is 0.0941. The maximum Gasteiger partial charge on any atom is 0.165 e. The predicted molar refractivity (Wildman–Crippen MR) is 70.1 cm³/mol. The Labute approximate surface area is 102 Å². The number of Topliss-reactive ketones (excluding diaryl/α,β-unsaturated/α-hetero) is 1. The largest absolute Gasteiger partial charge is 0.294 e. The van der Waals surface area contributed by atoms with Gasteiger partial charge in [0.1, 0.15) is 0 Å². The van der Waals surface area contributed by atoms with E-state index >= 15 is 0 Å². The zero-order chi connectivity index (χ0) is 12.5. The van der Waals surface area contributed by atoms with E-state index in [-0.39, 0.29) is 11.2 Å². The summed E-state index contributed by atoms with van der Waals surface area (Å²) >= 11 is 0. The SMILES string of the molecule is CC(C)(C)CC(=O)c1cncc2ccccc12.